The first kappa shape index (κ1) is 13.7. The molecule has 0 N–H and O–H groups in total. The molecule has 1 aromatic rings. The van der Waals surface area contributed by atoms with Crippen LogP contribution in [0.1, 0.15) is 36.2 Å². The molecule has 0 heterocycles. The molecule has 94 valence electrons. The molecule has 0 bridgehead atoms. The van der Waals surface area contributed by atoms with Crippen molar-refractivity contribution >= 4 is 5.78 Å². The van der Waals surface area contributed by atoms with E-state index in [9.17, 15) is 4.79 Å². The smallest absolute Gasteiger partial charge is 0.163 e. The first-order valence-electron chi connectivity index (χ1n) is 5.81. The molecule has 3 nitrogen and oxygen atoms in total. The van der Waals surface area contributed by atoms with E-state index in [-0.39, 0.29) is 11.9 Å². The second-order valence-electron chi connectivity index (χ2n) is 4.27. The standard InChI is InChI=1S/C14H20O3/c1-10-5-6-13(12(3)15)14(9-10)17-11(2)7-8-16-4/h5-6,9,11H,7-8H2,1-4H3. The maximum absolute atomic E-state index is 11.5. The number of Topliss-reactive ketones (excluding diaryl/α,β-unsaturated/α-hetero) is 1. The molecule has 0 aliphatic carbocycles. The molecule has 3 heteroatoms. The molecule has 0 spiro atoms. The highest BCUT2D eigenvalue weighted by molar-refractivity contribution is 5.96. The maximum atomic E-state index is 11.5. The molecule has 0 radical (unpaired) electrons. The summed E-state index contributed by atoms with van der Waals surface area (Å²) < 4.78 is 10.8. The van der Waals surface area contributed by atoms with Crippen LogP contribution in [-0.2, 0) is 4.74 Å². The van der Waals surface area contributed by atoms with Gasteiger partial charge >= 0.3 is 0 Å². The van der Waals surface area contributed by atoms with Crippen molar-refractivity contribution in [3.63, 3.8) is 0 Å². The lowest BCUT2D eigenvalue weighted by atomic mass is 10.1. The number of carbonyl (C=O) groups excluding carboxylic acids is 1. The maximum Gasteiger partial charge on any atom is 0.163 e. The Morgan fingerprint density at radius 3 is 2.71 bits per heavy atom. The highest BCUT2D eigenvalue weighted by Crippen LogP contribution is 2.22. The van der Waals surface area contributed by atoms with Gasteiger partial charge in [-0.3, -0.25) is 4.79 Å². The van der Waals surface area contributed by atoms with Crippen LogP contribution in [0.5, 0.6) is 5.75 Å². The third-order valence-electron chi connectivity index (χ3n) is 2.57. The molecular weight excluding hydrogens is 216 g/mol. The van der Waals surface area contributed by atoms with Crippen LogP contribution in [0.25, 0.3) is 0 Å². The quantitative estimate of drug-likeness (QED) is 0.712. The summed E-state index contributed by atoms with van der Waals surface area (Å²) in [6.45, 7) is 6.17. The van der Waals surface area contributed by atoms with Crippen LogP contribution in [0.4, 0.5) is 0 Å². The molecule has 1 unspecified atom stereocenters. The van der Waals surface area contributed by atoms with Gasteiger partial charge in [-0.2, -0.15) is 0 Å². The lowest BCUT2D eigenvalue weighted by Gasteiger charge is -2.16. The predicted molar refractivity (Wildman–Crippen MR) is 67.8 cm³/mol. The number of ether oxygens (including phenoxy) is 2. The fourth-order valence-electron chi connectivity index (χ4n) is 1.58. The minimum atomic E-state index is 0.0268. The van der Waals surface area contributed by atoms with Gasteiger partial charge in [-0.25, -0.2) is 0 Å². The Bertz CT molecular complexity index is 385. The van der Waals surface area contributed by atoms with E-state index >= 15 is 0 Å². The van der Waals surface area contributed by atoms with E-state index < -0.39 is 0 Å². The molecule has 17 heavy (non-hydrogen) atoms. The third-order valence-corrected chi connectivity index (χ3v) is 2.57. The molecule has 1 atom stereocenters. The zero-order chi connectivity index (χ0) is 12.8. The van der Waals surface area contributed by atoms with Crippen molar-refractivity contribution in [3.8, 4) is 5.75 Å². The Morgan fingerprint density at radius 1 is 1.41 bits per heavy atom. The summed E-state index contributed by atoms with van der Waals surface area (Å²) in [5.41, 5.74) is 1.73. The molecule has 0 saturated heterocycles. The molecule has 0 aromatic heterocycles. The van der Waals surface area contributed by atoms with E-state index in [1.54, 1.807) is 14.0 Å². The van der Waals surface area contributed by atoms with Gasteiger partial charge in [0.15, 0.2) is 5.78 Å². The Labute approximate surface area is 103 Å². The fraction of sp³-hybridized carbons (Fsp3) is 0.500. The summed E-state index contributed by atoms with van der Waals surface area (Å²) in [5, 5.41) is 0. The molecule has 0 fully saturated rings. The predicted octanol–water partition coefficient (Wildman–Crippen LogP) is 3.00. The van der Waals surface area contributed by atoms with E-state index in [2.05, 4.69) is 0 Å². The molecule has 0 aliphatic rings. The molecule has 1 aromatic carbocycles. The van der Waals surface area contributed by atoms with Crippen molar-refractivity contribution in [1.82, 2.24) is 0 Å². The van der Waals surface area contributed by atoms with E-state index in [4.69, 9.17) is 9.47 Å². The first-order chi connectivity index (χ1) is 8.04. The Balaban J connectivity index is 2.81. The highest BCUT2D eigenvalue weighted by Gasteiger charge is 2.11. The van der Waals surface area contributed by atoms with E-state index in [1.165, 1.54) is 0 Å². The van der Waals surface area contributed by atoms with Crippen molar-refractivity contribution in [1.29, 1.82) is 0 Å². The van der Waals surface area contributed by atoms with Gasteiger partial charge in [-0.05, 0) is 38.5 Å². The lowest BCUT2D eigenvalue weighted by Crippen LogP contribution is -2.15. The number of hydrogen-bond donors (Lipinski definition) is 0. The minimum Gasteiger partial charge on any atom is -0.490 e. The average molecular weight is 236 g/mol. The van der Waals surface area contributed by atoms with Gasteiger partial charge in [0.1, 0.15) is 5.75 Å². The largest absolute Gasteiger partial charge is 0.490 e. The number of rotatable bonds is 6. The van der Waals surface area contributed by atoms with Crippen molar-refractivity contribution < 1.29 is 14.3 Å². The number of carbonyl (C=O) groups is 1. The van der Waals surface area contributed by atoms with Crippen LogP contribution < -0.4 is 4.74 Å². The van der Waals surface area contributed by atoms with Gasteiger partial charge in [0, 0.05) is 20.1 Å². The van der Waals surface area contributed by atoms with Crippen LogP contribution in [0, 0.1) is 6.92 Å². The number of ketones is 1. The number of hydrogen-bond acceptors (Lipinski definition) is 3. The van der Waals surface area contributed by atoms with E-state index in [0.717, 1.165) is 12.0 Å². The normalized spacial score (nSPS) is 12.2. The van der Waals surface area contributed by atoms with E-state index in [0.29, 0.717) is 17.9 Å². The Kier molecular flexibility index (Phi) is 5.16. The SMILES string of the molecule is COCCC(C)Oc1cc(C)ccc1C(C)=O. The summed E-state index contributed by atoms with van der Waals surface area (Å²) in [5.74, 6) is 0.694. The minimum absolute atomic E-state index is 0.0268. The van der Waals surface area contributed by atoms with Gasteiger partial charge in [-0.15, -0.1) is 0 Å². The van der Waals surface area contributed by atoms with Crippen molar-refractivity contribution in [2.24, 2.45) is 0 Å². The molecule has 0 saturated carbocycles. The van der Waals surface area contributed by atoms with Crippen molar-refractivity contribution in [3.05, 3.63) is 29.3 Å². The first-order valence-corrected chi connectivity index (χ1v) is 5.81. The summed E-state index contributed by atoms with van der Waals surface area (Å²) in [6, 6.07) is 5.64. The van der Waals surface area contributed by atoms with Crippen LogP contribution in [-0.4, -0.2) is 25.6 Å². The summed E-state index contributed by atoms with van der Waals surface area (Å²) in [7, 11) is 1.67. The number of aryl methyl sites for hydroxylation is 1. The van der Waals surface area contributed by atoms with Crippen molar-refractivity contribution in [2.45, 2.75) is 33.3 Å². The number of methoxy groups -OCH3 is 1. The van der Waals surface area contributed by atoms with Gasteiger partial charge < -0.3 is 9.47 Å². The third kappa shape index (κ3) is 4.19. The monoisotopic (exact) mass is 236 g/mol. The van der Waals surface area contributed by atoms with E-state index in [1.807, 2.05) is 32.0 Å². The van der Waals surface area contributed by atoms with Gasteiger partial charge in [-0.1, -0.05) is 6.07 Å². The van der Waals surface area contributed by atoms with Crippen LogP contribution in [0.3, 0.4) is 0 Å². The average Bonchev–Trinajstić information content (AvgIpc) is 2.26. The highest BCUT2D eigenvalue weighted by atomic mass is 16.5. The van der Waals surface area contributed by atoms with Gasteiger partial charge in [0.2, 0.25) is 0 Å². The molecule has 0 aliphatic heterocycles. The van der Waals surface area contributed by atoms with Gasteiger partial charge in [0.05, 0.1) is 11.7 Å². The zero-order valence-corrected chi connectivity index (χ0v) is 10.9. The Hall–Kier alpha value is -1.35. The second-order valence-corrected chi connectivity index (χ2v) is 4.27. The molecule has 0 amide bonds. The van der Waals surface area contributed by atoms with Crippen LogP contribution >= 0.6 is 0 Å². The summed E-state index contributed by atoms with van der Waals surface area (Å²) >= 11 is 0. The fourth-order valence-corrected chi connectivity index (χ4v) is 1.58. The summed E-state index contributed by atoms with van der Waals surface area (Å²) in [4.78, 5) is 11.5. The van der Waals surface area contributed by atoms with Crippen LogP contribution in [0.15, 0.2) is 18.2 Å². The molecular formula is C14H20O3. The summed E-state index contributed by atoms with van der Waals surface area (Å²) in [6.07, 6.45) is 0.844. The Morgan fingerprint density at radius 2 is 2.12 bits per heavy atom. The lowest BCUT2D eigenvalue weighted by molar-refractivity contribution is 0.100. The van der Waals surface area contributed by atoms with Gasteiger partial charge in [0.25, 0.3) is 0 Å². The zero-order valence-electron chi connectivity index (χ0n) is 10.9. The molecule has 1 rings (SSSR count). The topological polar surface area (TPSA) is 35.5 Å². The van der Waals surface area contributed by atoms with Crippen LogP contribution in [0.2, 0.25) is 0 Å². The second kappa shape index (κ2) is 6.40. The number of benzene rings is 1. The van der Waals surface area contributed by atoms with Crippen molar-refractivity contribution in [2.75, 3.05) is 13.7 Å².